The predicted octanol–water partition coefficient (Wildman–Crippen LogP) is 34.0. The fourth-order valence-electron chi connectivity index (χ4n) is 23.2. The van der Waals surface area contributed by atoms with Crippen molar-refractivity contribution in [3.63, 3.8) is 0 Å². The van der Waals surface area contributed by atoms with Crippen molar-refractivity contribution in [2.75, 3.05) is 0 Å². The number of para-hydroxylation sites is 12. The summed E-state index contributed by atoms with van der Waals surface area (Å²) in [6, 6.07) is 146. The van der Waals surface area contributed by atoms with E-state index in [4.69, 9.17) is 29.9 Å². The molecule has 0 spiro atoms. The van der Waals surface area contributed by atoms with E-state index in [1.807, 2.05) is 84.9 Å². The molecule has 0 saturated heterocycles. The highest BCUT2D eigenvalue weighted by atomic mass is 15.1. The number of rotatable bonds is 5. The SMILES string of the molecule is C.C.C.C.C.C.N#Cc1ccc(-c2nc3ccccc3nc2-n2c3cc4c5ccccc5n5c6ccccc6c(c3c3ccc6ccccc6c32)c45)cc1.N#Cc1nc2ccccc2nc1-n1c2cc3c4ccccc4n4c5ccccc5c(c2c2ccc5ccccc5c21)c34.c1ccc(-c2nc3ccccc3nc2-n2c3cc4c5ccccc5n5c6ccccc6c(c3c3ccc6ccccc6c32)c45)cc1. The smallest absolute Gasteiger partial charge is 0.184 e. The molecule has 20 aromatic carbocycles. The molecule has 32 rings (SSSR count). The lowest BCUT2D eigenvalue weighted by Crippen LogP contribution is -2.04. The van der Waals surface area contributed by atoms with Crippen molar-refractivity contribution in [3.8, 4) is 52.1 Å². The third-order valence-corrected chi connectivity index (χ3v) is 28.7. The predicted molar refractivity (Wildman–Crippen MR) is 599 cm³/mol. The number of nitrogens with zero attached hydrogens (tertiary/aromatic N) is 14. The lowest BCUT2D eigenvalue weighted by atomic mass is 10.0. The maximum Gasteiger partial charge on any atom is 0.184 e. The van der Waals surface area contributed by atoms with Crippen LogP contribution in [0.3, 0.4) is 0 Å². The van der Waals surface area contributed by atoms with E-state index < -0.39 is 0 Å². The van der Waals surface area contributed by atoms with Crippen molar-refractivity contribution < 1.29 is 0 Å². The molecule has 0 amide bonds. The monoisotopic (exact) mass is 1820 g/mol. The maximum atomic E-state index is 10.4. The summed E-state index contributed by atoms with van der Waals surface area (Å²) < 4.78 is 14.3. The quantitative estimate of drug-likeness (QED) is 0.165. The molecule has 12 heterocycles. The highest BCUT2D eigenvalue weighted by Crippen LogP contribution is 2.54. The van der Waals surface area contributed by atoms with Gasteiger partial charge in [-0.15, -0.1) is 0 Å². The minimum absolute atomic E-state index is 0. The number of nitriles is 2. The Morgan fingerprint density at radius 3 is 0.789 bits per heavy atom. The van der Waals surface area contributed by atoms with Crippen LogP contribution in [0.25, 0.3) is 285 Å². The fourth-order valence-corrected chi connectivity index (χ4v) is 23.2. The molecule has 0 radical (unpaired) electrons. The Hall–Kier alpha value is -19.0. The van der Waals surface area contributed by atoms with E-state index in [1.54, 1.807) is 0 Å². The zero-order valence-electron chi connectivity index (χ0n) is 72.4. The molecule has 0 atom stereocenters. The normalized spacial score (nSPS) is 11.7. The summed E-state index contributed by atoms with van der Waals surface area (Å²) in [5, 5.41) is 48.9. The second-order valence-corrected chi connectivity index (χ2v) is 35.6. The van der Waals surface area contributed by atoms with Crippen LogP contribution in [-0.2, 0) is 0 Å². The van der Waals surface area contributed by atoms with E-state index in [9.17, 15) is 10.5 Å². The van der Waals surface area contributed by atoms with Gasteiger partial charge in [0.25, 0.3) is 0 Å². The molecule has 142 heavy (non-hydrogen) atoms. The van der Waals surface area contributed by atoms with E-state index in [-0.39, 0.29) is 44.6 Å². The molecule has 14 heteroatoms. The maximum absolute atomic E-state index is 10.4. The van der Waals surface area contributed by atoms with Crippen molar-refractivity contribution in [2.24, 2.45) is 0 Å². The Morgan fingerprint density at radius 1 is 0.183 bits per heavy atom. The van der Waals surface area contributed by atoms with Gasteiger partial charge < -0.3 is 13.2 Å². The third kappa shape index (κ3) is 11.7. The molecule has 0 aliphatic rings. The molecule has 0 fully saturated rings. The number of benzene rings is 20. The molecular weight excluding hydrogens is 1730 g/mol. The van der Waals surface area contributed by atoms with Crippen molar-refractivity contribution >= 4 is 245 Å². The van der Waals surface area contributed by atoms with Gasteiger partial charge in [0.2, 0.25) is 0 Å². The number of fused-ring (bicyclic) bond motifs is 39. The van der Waals surface area contributed by atoms with E-state index in [2.05, 4.69) is 354 Å². The molecule has 0 bridgehead atoms. The number of hydrogen-bond donors (Lipinski definition) is 0. The molecule has 0 N–H and O–H groups in total. The van der Waals surface area contributed by atoms with Crippen LogP contribution in [0.15, 0.2) is 400 Å². The Balaban J connectivity index is 0.000000113. The Kier molecular flexibility index (Phi) is 19.6. The zero-order chi connectivity index (χ0) is 89.0. The van der Waals surface area contributed by atoms with Gasteiger partial charge in [0, 0.05) is 124 Å². The van der Waals surface area contributed by atoms with Crippen LogP contribution < -0.4 is 0 Å². The van der Waals surface area contributed by atoms with Gasteiger partial charge in [0.05, 0.1) is 127 Å². The summed E-state index contributed by atoms with van der Waals surface area (Å²) in [5.41, 5.74) is 26.9. The average molecular weight is 1820 g/mol. The molecule has 0 unspecified atom stereocenters. The van der Waals surface area contributed by atoms with Gasteiger partial charge in [-0.25, -0.2) is 29.9 Å². The van der Waals surface area contributed by atoms with Gasteiger partial charge in [-0.2, -0.15) is 10.5 Å². The molecule has 0 saturated carbocycles. The zero-order valence-corrected chi connectivity index (χ0v) is 72.4. The standard InChI is InChI=1S/C43H23N5.C42H24N4.C37H19N5.6CH4/c44-24-25-17-19-27(20-18-25)40-43(46-34-14-6-5-13-33(34)45-40)48-37-23-32-29-11-3-7-15-35(29)47-36-16-8-4-12-30(36)39(42(32)47)38(37)31-22-21-26-9-1-2-10-28(26)41(31)48;1-2-13-26(14-3-1)39-42(44-33-19-9-8-18-32(33)43-39)46-36-24-31-28-16-6-10-20-34(28)45-35-21-11-7-17-29(35)38(41(31)45)37(36)30-23-22-25-12-4-5-15-27(25)40(30)46;38-20-29-37(40-28-14-6-5-13-27(28)39-29)42-32-19-26-23-11-3-7-15-30(23)41-31-16-8-4-12-24(31)34(36(26)41)33(32)25-18-17-21-9-1-2-10-22(21)35(25)42;;;;;;/h1-23H;1-24H;1-19H;6*1H4. The Labute approximate surface area is 815 Å². The first-order valence-electron chi connectivity index (χ1n) is 45.8. The Morgan fingerprint density at radius 2 is 0.451 bits per heavy atom. The molecule has 32 aromatic rings. The summed E-state index contributed by atoms with van der Waals surface area (Å²) in [6.07, 6.45) is 0. The van der Waals surface area contributed by atoms with Crippen LogP contribution in [0.4, 0.5) is 0 Å². The summed E-state index contributed by atoms with van der Waals surface area (Å²) in [4.78, 5) is 31.3. The molecule has 0 aliphatic heterocycles. The van der Waals surface area contributed by atoms with Crippen molar-refractivity contribution in [2.45, 2.75) is 44.6 Å². The van der Waals surface area contributed by atoms with Crippen LogP contribution in [-0.4, -0.2) is 56.8 Å². The van der Waals surface area contributed by atoms with Gasteiger partial charge in [0.1, 0.15) is 17.5 Å². The second kappa shape index (κ2) is 32.3. The van der Waals surface area contributed by atoms with E-state index >= 15 is 0 Å². The third-order valence-electron chi connectivity index (χ3n) is 28.7. The van der Waals surface area contributed by atoms with Gasteiger partial charge in [-0.05, 0) is 119 Å². The van der Waals surface area contributed by atoms with Crippen molar-refractivity contribution in [1.29, 1.82) is 10.5 Å². The van der Waals surface area contributed by atoms with E-state index in [0.29, 0.717) is 22.6 Å². The fraction of sp³-hybridized carbons (Fsp3) is 0.0469. The molecule has 14 nitrogen and oxygen atoms in total. The number of hydrogen-bond acceptors (Lipinski definition) is 8. The lowest BCUT2D eigenvalue weighted by Gasteiger charge is -2.15. The van der Waals surface area contributed by atoms with Gasteiger partial charge in [0.15, 0.2) is 23.1 Å². The first-order chi connectivity index (χ1) is 67.4. The topological polar surface area (TPSA) is 153 Å². The van der Waals surface area contributed by atoms with Gasteiger partial charge in [-0.1, -0.05) is 342 Å². The van der Waals surface area contributed by atoms with Crippen molar-refractivity contribution in [3.05, 3.63) is 412 Å². The average Bonchev–Trinajstić information content (AvgIpc) is 1.52. The summed E-state index contributed by atoms with van der Waals surface area (Å²) in [6.45, 7) is 0. The molecular formula is C128H90N14. The second-order valence-electron chi connectivity index (χ2n) is 35.6. The van der Waals surface area contributed by atoms with Crippen LogP contribution in [0.2, 0.25) is 0 Å². The Bertz CT molecular complexity index is 11000. The number of aromatic nitrogens is 12. The minimum atomic E-state index is 0. The highest BCUT2D eigenvalue weighted by molar-refractivity contribution is 6.41. The first-order valence-corrected chi connectivity index (χ1v) is 45.8. The lowest BCUT2D eigenvalue weighted by molar-refractivity contribution is 1.06. The largest absolute Gasteiger partial charge is 0.308 e. The summed E-state index contributed by atoms with van der Waals surface area (Å²) in [7, 11) is 0. The van der Waals surface area contributed by atoms with Crippen LogP contribution >= 0.6 is 0 Å². The summed E-state index contributed by atoms with van der Waals surface area (Å²) in [5.74, 6) is 2.15. The van der Waals surface area contributed by atoms with Crippen LogP contribution in [0.5, 0.6) is 0 Å². The molecule has 0 aliphatic carbocycles. The van der Waals surface area contributed by atoms with E-state index in [1.165, 1.54) is 152 Å². The van der Waals surface area contributed by atoms with Crippen LogP contribution in [0, 0.1) is 22.7 Å². The van der Waals surface area contributed by atoms with Gasteiger partial charge >= 0.3 is 0 Å². The van der Waals surface area contributed by atoms with Crippen LogP contribution in [0.1, 0.15) is 55.8 Å². The molecule has 672 valence electrons. The minimum Gasteiger partial charge on any atom is -0.308 e. The first kappa shape index (κ1) is 85.9. The van der Waals surface area contributed by atoms with E-state index in [0.717, 1.165) is 122 Å². The summed E-state index contributed by atoms with van der Waals surface area (Å²) >= 11 is 0. The molecule has 12 aromatic heterocycles. The highest BCUT2D eigenvalue weighted by Gasteiger charge is 2.33. The van der Waals surface area contributed by atoms with Gasteiger partial charge in [-0.3, -0.25) is 13.7 Å². The van der Waals surface area contributed by atoms with Crippen molar-refractivity contribution in [1.82, 2.24) is 56.8 Å².